The number of carbonyl (C=O) groups excluding carboxylic acids is 2. The molecule has 1 aromatic carbocycles. The summed E-state index contributed by atoms with van der Waals surface area (Å²) in [5.41, 5.74) is 1.20. The third kappa shape index (κ3) is 4.30. The zero-order chi connectivity index (χ0) is 27.5. The van der Waals surface area contributed by atoms with Gasteiger partial charge in [-0.15, -0.1) is 0 Å². The molecule has 8 heteroatoms. The second kappa shape index (κ2) is 9.38. The lowest BCUT2D eigenvalue weighted by Gasteiger charge is -2.57. The highest BCUT2D eigenvalue weighted by Gasteiger charge is 2.60. The van der Waals surface area contributed by atoms with Crippen molar-refractivity contribution in [2.45, 2.75) is 71.0 Å². The van der Waals surface area contributed by atoms with Crippen molar-refractivity contribution in [3.05, 3.63) is 59.2 Å². The largest absolute Gasteiger partial charge is 0.478 e. The molecule has 204 valence electrons. The highest BCUT2D eigenvalue weighted by Crippen LogP contribution is 2.66. The van der Waals surface area contributed by atoms with Crippen molar-refractivity contribution in [1.29, 1.82) is 0 Å². The van der Waals surface area contributed by atoms with Gasteiger partial charge in [-0.1, -0.05) is 50.3 Å². The van der Waals surface area contributed by atoms with Gasteiger partial charge in [0.25, 0.3) is 5.78 Å². The second-order valence-electron chi connectivity index (χ2n) is 12.1. The number of halogens is 3. The maximum Gasteiger partial charge on any atom is 0.452 e. The van der Waals surface area contributed by atoms with Crippen LogP contribution in [0, 0.1) is 34.5 Å². The van der Waals surface area contributed by atoms with Gasteiger partial charge in [0, 0.05) is 11.5 Å². The van der Waals surface area contributed by atoms with E-state index < -0.39 is 35.8 Å². The maximum absolute atomic E-state index is 13.6. The van der Waals surface area contributed by atoms with E-state index in [2.05, 4.69) is 25.2 Å². The molecule has 0 spiro atoms. The molecule has 1 amide bonds. The predicted octanol–water partition coefficient (Wildman–Crippen LogP) is 6.18. The SMILES string of the molecule is C[C@]12CC[C@H]3[C@@H](CC=C4C=C(C(=O)O)CC[C@@]43C)[C@@H]1CC[C@@H]2C(=O)NC(C(=O)C(F)(F)F)c1ccccc1. The van der Waals surface area contributed by atoms with Crippen molar-refractivity contribution in [2.24, 2.45) is 34.5 Å². The van der Waals surface area contributed by atoms with Gasteiger partial charge in [-0.25, -0.2) is 4.79 Å². The number of carbonyl (C=O) groups is 3. The zero-order valence-corrected chi connectivity index (χ0v) is 21.7. The van der Waals surface area contributed by atoms with Crippen LogP contribution in [0.15, 0.2) is 53.6 Å². The fourth-order valence-corrected chi connectivity index (χ4v) is 8.28. The number of nitrogens with one attached hydrogen (secondary N) is 1. The number of fused-ring (bicyclic) bond motifs is 5. The van der Waals surface area contributed by atoms with Crippen molar-refractivity contribution in [3.63, 3.8) is 0 Å². The molecule has 4 aliphatic carbocycles. The highest BCUT2D eigenvalue weighted by atomic mass is 19.4. The highest BCUT2D eigenvalue weighted by molar-refractivity contribution is 5.94. The van der Waals surface area contributed by atoms with Crippen molar-refractivity contribution >= 4 is 17.7 Å². The van der Waals surface area contributed by atoms with Crippen LogP contribution in [0.25, 0.3) is 0 Å². The Kier molecular flexibility index (Phi) is 6.59. The van der Waals surface area contributed by atoms with E-state index in [0.29, 0.717) is 30.3 Å². The monoisotopic (exact) mass is 529 g/mol. The van der Waals surface area contributed by atoms with Crippen molar-refractivity contribution in [1.82, 2.24) is 5.32 Å². The van der Waals surface area contributed by atoms with Crippen LogP contribution in [0.3, 0.4) is 0 Å². The summed E-state index contributed by atoms with van der Waals surface area (Å²) in [6.45, 7) is 4.33. The van der Waals surface area contributed by atoms with Crippen LogP contribution in [0.1, 0.15) is 70.4 Å². The topological polar surface area (TPSA) is 83.5 Å². The zero-order valence-electron chi connectivity index (χ0n) is 21.7. The van der Waals surface area contributed by atoms with E-state index in [4.69, 9.17) is 0 Å². The Morgan fingerprint density at radius 1 is 1.03 bits per heavy atom. The summed E-state index contributed by atoms with van der Waals surface area (Å²) >= 11 is 0. The summed E-state index contributed by atoms with van der Waals surface area (Å²) in [5, 5.41) is 12.0. The van der Waals surface area contributed by atoms with Crippen molar-refractivity contribution in [3.8, 4) is 0 Å². The molecular formula is C30H34F3NO4. The number of aliphatic carboxylic acids is 1. The molecule has 0 heterocycles. The number of benzene rings is 1. The minimum atomic E-state index is -5.06. The molecule has 2 fully saturated rings. The number of allylic oxidation sites excluding steroid dienone is 3. The van der Waals surface area contributed by atoms with E-state index in [1.54, 1.807) is 18.2 Å². The number of hydrogen-bond acceptors (Lipinski definition) is 3. The Morgan fingerprint density at radius 2 is 1.74 bits per heavy atom. The number of carboxylic acid groups (broad SMARTS) is 1. The van der Waals surface area contributed by atoms with Crippen molar-refractivity contribution in [2.75, 3.05) is 0 Å². The summed E-state index contributed by atoms with van der Waals surface area (Å²) in [6.07, 6.45) is 4.14. The van der Waals surface area contributed by atoms with Gasteiger partial charge in [0.2, 0.25) is 5.91 Å². The van der Waals surface area contributed by atoms with Crippen LogP contribution in [0.4, 0.5) is 13.2 Å². The molecular weight excluding hydrogens is 495 g/mol. The van der Waals surface area contributed by atoms with Crippen LogP contribution in [0.2, 0.25) is 0 Å². The summed E-state index contributed by atoms with van der Waals surface area (Å²) in [7, 11) is 0. The number of hydrogen-bond donors (Lipinski definition) is 2. The number of ketones is 1. The van der Waals surface area contributed by atoms with Gasteiger partial charge >= 0.3 is 12.1 Å². The summed E-state index contributed by atoms with van der Waals surface area (Å²) < 4.78 is 40.3. The summed E-state index contributed by atoms with van der Waals surface area (Å²) in [5.74, 6) is -2.84. The molecule has 0 radical (unpaired) electrons. The minimum absolute atomic E-state index is 0.110. The van der Waals surface area contributed by atoms with E-state index in [1.807, 2.05) is 6.08 Å². The van der Waals surface area contributed by atoms with Gasteiger partial charge in [0.05, 0.1) is 0 Å². The molecule has 1 aromatic rings. The van der Waals surface area contributed by atoms with Crippen LogP contribution < -0.4 is 5.32 Å². The quantitative estimate of drug-likeness (QED) is 0.478. The Hall–Kier alpha value is -2.90. The molecule has 0 aromatic heterocycles. The van der Waals surface area contributed by atoms with Gasteiger partial charge in [-0.2, -0.15) is 13.2 Å². The standard InChI is InChI=1S/C30H34F3NO4/c1-28-14-12-18(27(37)38)16-19(28)8-9-20-21-10-11-23(29(21,2)15-13-22(20)28)26(36)34-24(25(35)30(31,32)33)17-6-4-3-5-7-17/h3-8,16,20-24H,9-15H2,1-2H3,(H,34,36)(H,37,38)/t20-,21-,22-,23+,24?,28-,29-/m0/s1. The third-order valence-corrected chi connectivity index (χ3v) is 10.3. The first-order valence-corrected chi connectivity index (χ1v) is 13.5. The Morgan fingerprint density at radius 3 is 2.39 bits per heavy atom. The maximum atomic E-state index is 13.6. The van der Waals surface area contributed by atoms with E-state index in [-0.39, 0.29) is 22.3 Å². The molecule has 4 aliphatic rings. The number of carboxylic acids is 1. The van der Waals surface area contributed by atoms with E-state index in [9.17, 15) is 32.7 Å². The first-order chi connectivity index (χ1) is 17.9. The van der Waals surface area contributed by atoms with Gasteiger partial charge in [-0.05, 0) is 90.7 Å². The lowest BCUT2D eigenvalue weighted by Crippen LogP contribution is -2.51. The molecule has 2 N–H and O–H groups in total. The van der Waals surface area contributed by atoms with Crippen LogP contribution >= 0.6 is 0 Å². The molecule has 5 nitrogen and oxygen atoms in total. The van der Waals surface area contributed by atoms with E-state index in [0.717, 1.165) is 37.7 Å². The van der Waals surface area contributed by atoms with E-state index >= 15 is 0 Å². The smallest absolute Gasteiger partial charge is 0.452 e. The third-order valence-electron chi connectivity index (χ3n) is 10.3. The Bertz CT molecular complexity index is 1210. The van der Waals surface area contributed by atoms with Gasteiger partial charge in [0.15, 0.2) is 0 Å². The van der Waals surface area contributed by atoms with Crippen LogP contribution in [-0.4, -0.2) is 28.9 Å². The molecule has 1 unspecified atom stereocenters. The van der Waals surface area contributed by atoms with Gasteiger partial charge in [-0.3, -0.25) is 9.59 Å². The molecule has 2 saturated carbocycles. The summed E-state index contributed by atoms with van der Waals surface area (Å²) in [4.78, 5) is 37.4. The molecule has 38 heavy (non-hydrogen) atoms. The Balaban J connectivity index is 1.38. The molecule has 0 aliphatic heterocycles. The lowest BCUT2D eigenvalue weighted by atomic mass is 9.48. The average Bonchev–Trinajstić information content (AvgIpc) is 3.23. The molecule has 0 saturated heterocycles. The van der Waals surface area contributed by atoms with Crippen molar-refractivity contribution < 1.29 is 32.7 Å². The first kappa shape index (κ1) is 26.7. The molecule has 5 rings (SSSR count). The Labute approximate surface area is 220 Å². The first-order valence-electron chi connectivity index (χ1n) is 13.5. The molecule has 0 bridgehead atoms. The van der Waals surface area contributed by atoms with Gasteiger partial charge < -0.3 is 10.4 Å². The predicted molar refractivity (Wildman–Crippen MR) is 135 cm³/mol. The minimum Gasteiger partial charge on any atom is -0.478 e. The second-order valence-corrected chi connectivity index (χ2v) is 12.1. The van der Waals surface area contributed by atoms with E-state index in [1.165, 1.54) is 12.1 Å². The fraction of sp³-hybridized carbons (Fsp3) is 0.567. The van der Waals surface area contributed by atoms with Crippen LogP contribution in [-0.2, 0) is 14.4 Å². The number of Topliss-reactive ketones (excluding diaryl/α,β-unsaturated/α-hetero) is 1. The number of alkyl halides is 3. The summed E-state index contributed by atoms with van der Waals surface area (Å²) in [6, 6.07) is 5.85. The number of amides is 1. The average molecular weight is 530 g/mol. The van der Waals surface area contributed by atoms with Crippen LogP contribution in [0.5, 0.6) is 0 Å². The lowest BCUT2D eigenvalue weighted by molar-refractivity contribution is -0.174. The normalized spacial score (nSPS) is 35.1. The number of rotatable bonds is 5. The molecule has 7 atom stereocenters. The fourth-order valence-electron chi connectivity index (χ4n) is 8.28. The van der Waals surface area contributed by atoms with Gasteiger partial charge in [0.1, 0.15) is 6.04 Å².